The van der Waals surface area contributed by atoms with Crippen molar-refractivity contribution in [2.24, 2.45) is 0 Å². The molecular weight excluding hydrogens is 364 g/mol. The van der Waals surface area contributed by atoms with Crippen LogP contribution in [0.25, 0.3) is 22.3 Å². The Kier molecular flexibility index (Phi) is 5.54. The van der Waals surface area contributed by atoms with Crippen LogP contribution in [0, 0.1) is 6.92 Å². The molecule has 2 aromatic carbocycles. The number of rotatable bonds is 6. The Bertz CT molecular complexity index is 1080. The molecule has 3 aromatic rings. The minimum absolute atomic E-state index is 0.0750. The fourth-order valence-corrected chi connectivity index (χ4v) is 2.77. The Labute approximate surface area is 161 Å². The summed E-state index contributed by atoms with van der Waals surface area (Å²) < 4.78 is 26.7. The van der Waals surface area contributed by atoms with E-state index in [4.69, 9.17) is 18.6 Å². The van der Waals surface area contributed by atoms with Gasteiger partial charge in [-0.2, -0.15) is 0 Å². The highest BCUT2D eigenvalue weighted by Crippen LogP contribution is 2.36. The van der Waals surface area contributed by atoms with Gasteiger partial charge in [-0.05, 0) is 42.8 Å². The first-order valence-corrected chi connectivity index (χ1v) is 8.48. The van der Waals surface area contributed by atoms with Crippen LogP contribution in [0.5, 0.6) is 17.2 Å². The molecule has 7 nitrogen and oxygen atoms in total. The van der Waals surface area contributed by atoms with Crippen LogP contribution < -0.4 is 19.6 Å². The second-order valence-corrected chi connectivity index (χ2v) is 6.02. The van der Waals surface area contributed by atoms with Gasteiger partial charge in [0.05, 0.1) is 26.7 Å². The van der Waals surface area contributed by atoms with E-state index in [0.29, 0.717) is 28.0 Å². The number of methoxy groups -OCH3 is 3. The number of fused-ring (bicyclic) bond motifs is 1. The first kappa shape index (κ1) is 19.3. The number of benzene rings is 2. The van der Waals surface area contributed by atoms with E-state index in [-0.39, 0.29) is 16.9 Å². The van der Waals surface area contributed by atoms with E-state index in [2.05, 4.69) is 4.74 Å². The Morgan fingerprint density at radius 3 is 2.43 bits per heavy atom. The van der Waals surface area contributed by atoms with Gasteiger partial charge in [0, 0.05) is 5.56 Å². The van der Waals surface area contributed by atoms with Gasteiger partial charge < -0.3 is 23.4 Å². The van der Waals surface area contributed by atoms with Crippen molar-refractivity contribution in [1.82, 2.24) is 0 Å². The molecule has 146 valence electrons. The van der Waals surface area contributed by atoms with Crippen molar-refractivity contribution in [3.63, 3.8) is 0 Å². The van der Waals surface area contributed by atoms with E-state index < -0.39 is 12.6 Å². The molecule has 0 spiro atoms. The summed E-state index contributed by atoms with van der Waals surface area (Å²) in [6.07, 6.45) is 0. The maximum atomic E-state index is 13.0. The molecule has 0 radical (unpaired) electrons. The summed E-state index contributed by atoms with van der Waals surface area (Å²) in [7, 11) is 4.28. The molecule has 0 saturated heterocycles. The average Bonchev–Trinajstić information content (AvgIpc) is 2.71. The Hall–Kier alpha value is -3.48. The first-order valence-electron chi connectivity index (χ1n) is 8.48. The second-order valence-electron chi connectivity index (χ2n) is 6.02. The van der Waals surface area contributed by atoms with Crippen molar-refractivity contribution in [3.05, 3.63) is 52.2 Å². The van der Waals surface area contributed by atoms with Gasteiger partial charge in [0.2, 0.25) is 11.2 Å². The lowest BCUT2D eigenvalue weighted by atomic mass is 10.1. The van der Waals surface area contributed by atoms with Crippen LogP contribution in [-0.2, 0) is 9.53 Å². The number of carbonyl (C=O) groups is 1. The quantitative estimate of drug-likeness (QED) is 0.603. The summed E-state index contributed by atoms with van der Waals surface area (Å²) >= 11 is 0. The molecule has 0 unspecified atom stereocenters. The van der Waals surface area contributed by atoms with Crippen molar-refractivity contribution in [3.8, 4) is 28.6 Å². The molecule has 0 aliphatic carbocycles. The molecule has 1 aromatic heterocycles. The van der Waals surface area contributed by atoms with Gasteiger partial charge >= 0.3 is 5.97 Å². The lowest BCUT2D eigenvalue weighted by molar-refractivity contribution is -0.142. The average molecular weight is 384 g/mol. The maximum absolute atomic E-state index is 13.0. The maximum Gasteiger partial charge on any atom is 0.343 e. The van der Waals surface area contributed by atoms with Crippen LogP contribution in [0.15, 0.2) is 45.6 Å². The zero-order chi connectivity index (χ0) is 20.3. The molecule has 0 atom stereocenters. The molecule has 28 heavy (non-hydrogen) atoms. The summed E-state index contributed by atoms with van der Waals surface area (Å²) in [6.45, 7) is 1.48. The molecule has 0 fully saturated rings. The Morgan fingerprint density at radius 1 is 1.00 bits per heavy atom. The highest BCUT2D eigenvalue weighted by molar-refractivity contribution is 5.83. The summed E-state index contributed by atoms with van der Waals surface area (Å²) in [5.74, 6) is 0.497. The van der Waals surface area contributed by atoms with Crippen molar-refractivity contribution in [2.45, 2.75) is 6.92 Å². The third-order valence-electron chi connectivity index (χ3n) is 4.21. The number of aryl methyl sites for hydroxylation is 1. The molecule has 0 aliphatic heterocycles. The van der Waals surface area contributed by atoms with Crippen LogP contribution in [0.3, 0.4) is 0 Å². The van der Waals surface area contributed by atoms with Gasteiger partial charge in [0.15, 0.2) is 23.9 Å². The minimum atomic E-state index is -0.610. The van der Waals surface area contributed by atoms with Crippen molar-refractivity contribution >= 4 is 16.9 Å². The van der Waals surface area contributed by atoms with Crippen molar-refractivity contribution in [1.29, 1.82) is 0 Å². The van der Waals surface area contributed by atoms with E-state index in [1.54, 1.807) is 36.4 Å². The zero-order valence-electron chi connectivity index (χ0n) is 16.0. The number of hydrogen-bond donors (Lipinski definition) is 0. The van der Waals surface area contributed by atoms with E-state index in [0.717, 1.165) is 5.56 Å². The molecule has 7 heteroatoms. The SMILES string of the molecule is COC(=O)COc1c(-c2ccc(OC)c(OC)c2)oc2cc(C)ccc2c1=O. The Balaban J connectivity index is 2.23. The summed E-state index contributed by atoms with van der Waals surface area (Å²) in [6, 6.07) is 10.3. The summed E-state index contributed by atoms with van der Waals surface area (Å²) in [5, 5.41) is 0.356. The third kappa shape index (κ3) is 3.64. The van der Waals surface area contributed by atoms with Gasteiger partial charge in [-0.3, -0.25) is 4.79 Å². The van der Waals surface area contributed by atoms with Crippen LogP contribution >= 0.6 is 0 Å². The van der Waals surface area contributed by atoms with Crippen molar-refractivity contribution < 1.29 is 28.2 Å². The first-order chi connectivity index (χ1) is 13.5. The summed E-state index contributed by atoms with van der Waals surface area (Å²) in [4.78, 5) is 24.5. The number of ether oxygens (including phenoxy) is 4. The predicted molar refractivity (Wildman–Crippen MR) is 103 cm³/mol. The highest BCUT2D eigenvalue weighted by Gasteiger charge is 2.20. The molecular formula is C21H20O7. The van der Waals surface area contributed by atoms with Crippen molar-refractivity contribution in [2.75, 3.05) is 27.9 Å². The Morgan fingerprint density at radius 2 is 1.75 bits per heavy atom. The summed E-state index contributed by atoms with van der Waals surface area (Å²) in [5.41, 5.74) is 1.52. The topological polar surface area (TPSA) is 84.2 Å². The lowest BCUT2D eigenvalue weighted by Gasteiger charge is -2.13. The van der Waals surface area contributed by atoms with E-state index in [1.807, 2.05) is 6.92 Å². The minimum Gasteiger partial charge on any atom is -0.493 e. The fraction of sp³-hybridized carbons (Fsp3) is 0.238. The third-order valence-corrected chi connectivity index (χ3v) is 4.21. The molecule has 0 bridgehead atoms. The highest BCUT2D eigenvalue weighted by atomic mass is 16.6. The normalized spacial score (nSPS) is 10.6. The molecule has 3 rings (SSSR count). The van der Waals surface area contributed by atoms with Crippen LogP contribution in [0.4, 0.5) is 0 Å². The number of hydrogen-bond acceptors (Lipinski definition) is 7. The smallest absolute Gasteiger partial charge is 0.343 e. The molecule has 0 aliphatic rings. The van der Waals surface area contributed by atoms with Gasteiger partial charge in [-0.15, -0.1) is 0 Å². The van der Waals surface area contributed by atoms with Crippen LogP contribution in [0.1, 0.15) is 5.56 Å². The molecule has 0 N–H and O–H groups in total. The fourth-order valence-electron chi connectivity index (χ4n) is 2.77. The van der Waals surface area contributed by atoms with Gasteiger partial charge in [-0.1, -0.05) is 6.07 Å². The largest absolute Gasteiger partial charge is 0.493 e. The van der Waals surface area contributed by atoms with Gasteiger partial charge in [-0.25, -0.2) is 4.79 Å². The molecule has 1 heterocycles. The standard InChI is InChI=1S/C21H20O7/c1-12-5-7-14-16(9-12)28-20(21(19(14)23)27-11-18(22)26-4)13-6-8-15(24-2)17(10-13)25-3/h5-10H,11H2,1-4H3. The molecule has 0 saturated carbocycles. The lowest BCUT2D eigenvalue weighted by Crippen LogP contribution is -2.17. The predicted octanol–water partition coefficient (Wildman–Crippen LogP) is 3.34. The van der Waals surface area contributed by atoms with E-state index in [1.165, 1.54) is 21.3 Å². The van der Waals surface area contributed by atoms with E-state index >= 15 is 0 Å². The second kappa shape index (κ2) is 8.04. The van der Waals surface area contributed by atoms with Crippen LogP contribution in [-0.4, -0.2) is 33.9 Å². The number of carbonyl (C=O) groups excluding carboxylic acids is 1. The van der Waals surface area contributed by atoms with Crippen LogP contribution in [0.2, 0.25) is 0 Å². The van der Waals surface area contributed by atoms with E-state index in [9.17, 15) is 9.59 Å². The zero-order valence-corrected chi connectivity index (χ0v) is 16.0. The molecule has 0 amide bonds. The van der Waals surface area contributed by atoms with Gasteiger partial charge in [0.25, 0.3) is 0 Å². The monoisotopic (exact) mass is 384 g/mol. The van der Waals surface area contributed by atoms with Gasteiger partial charge in [0.1, 0.15) is 5.58 Å². The number of esters is 1.